The summed E-state index contributed by atoms with van der Waals surface area (Å²) in [4.78, 5) is 12.2. The smallest absolute Gasteiger partial charge is 0.309 e. The molecule has 0 bridgehead atoms. The Kier molecular flexibility index (Phi) is 4.04. The molecule has 1 aromatic rings. The van der Waals surface area contributed by atoms with Crippen molar-refractivity contribution in [2.45, 2.75) is 24.7 Å². The summed E-state index contributed by atoms with van der Waals surface area (Å²) in [6, 6.07) is 8.27. The first-order valence-electron chi connectivity index (χ1n) is 6.21. The van der Waals surface area contributed by atoms with Crippen LogP contribution in [0.5, 0.6) is 0 Å². The van der Waals surface area contributed by atoms with E-state index in [4.69, 9.17) is 4.74 Å². The average molecular weight is 280 g/mol. The van der Waals surface area contributed by atoms with Crippen LogP contribution in [0.1, 0.15) is 19.8 Å². The van der Waals surface area contributed by atoms with E-state index in [1.807, 2.05) is 0 Å². The van der Waals surface area contributed by atoms with Gasteiger partial charge in [0, 0.05) is 4.91 Å². The lowest BCUT2D eigenvalue weighted by Gasteiger charge is -2.09. The van der Waals surface area contributed by atoms with Crippen molar-refractivity contribution >= 4 is 15.8 Å². The maximum Gasteiger partial charge on any atom is 0.309 e. The van der Waals surface area contributed by atoms with E-state index in [1.54, 1.807) is 43.3 Å². The normalized spacial score (nSPS) is 19.0. The van der Waals surface area contributed by atoms with Crippen LogP contribution in [0, 0.1) is 5.92 Å². The maximum atomic E-state index is 12.3. The Morgan fingerprint density at radius 1 is 1.32 bits per heavy atom. The van der Waals surface area contributed by atoms with Gasteiger partial charge in [0.05, 0.1) is 17.4 Å². The molecule has 0 aliphatic heterocycles. The summed E-state index contributed by atoms with van der Waals surface area (Å²) in [5.74, 6) is -0.689. The standard InChI is InChI=1S/C14H16O4S/c1-2-18-14(15)11-8-9-13(10-11)19(16,17)12-6-4-3-5-7-12/h3-7,9,11H,2,8,10H2,1H3/t11-/m0/s1. The second kappa shape index (κ2) is 5.57. The molecule has 1 aromatic carbocycles. The number of hydrogen-bond acceptors (Lipinski definition) is 4. The van der Waals surface area contributed by atoms with Crippen molar-refractivity contribution < 1.29 is 17.9 Å². The Bertz CT molecular complexity index is 587. The molecule has 0 radical (unpaired) electrons. The highest BCUT2D eigenvalue weighted by molar-refractivity contribution is 7.95. The molecule has 5 heteroatoms. The van der Waals surface area contributed by atoms with Gasteiger partial charge in [-0.15, -0.1) is 0 Å². The van der Waals surface area contributed by atoms with E-state index in [2.05, 4.69) is 0 Å². The van der Waals surface area contributed by atoms with Crippen molar-refractivity contribution in [3.05, 3.63) is 41.3 Å². The Morgan fingerprint density at radius 3 is 2.63 bits per heavy atom. The third-order valence-electron chi connectivity index (χ3n) is 3.10. The van der Waals surface area contributed by atoms with Gasteiger partial charge in [-0.25, -0.2) is 8.42 Å². The molecule has 1 atom stereocenters. The highest BCUT2D eigenvalue weighted by Gasteiger charge is 2.32. The maximum absolute atomic E-state index is 12.3. The number of carbonyl (C=O) groups is 1. The number of allylic oxidation sites excluding steroid dienone is 2. The molecule has 2 rings (SSSR count). The average Bonchev–Trinajstić information content (AvgIpc) is 2.90. The van der Waals surface area contributed by atoms with Crippen LogP contribution in [-0.4, -0.2) is 21.0 Å². The second-order valence-corrected chi connectivity index (χ2v) is 6.38. The predicted octanol–water partition coefficient (Wildman–Crippen LogP) is 2.32. The molecule has 1 aliphatic rings. The number of benzene rings is 1. The van der Waals surface area contributed by atoms with Crippen molar-refractivity contribution in [3.8, 4) is 0 Å². The Hall–Kier alpha value is -1.62. The molecule has 19 heavy (non-hydrogen) atoms. The van der Waals surface area contributed by atoms with Crippen LogP contribution in [0.15, 0.2) is 46.2 Å². The summed E-state index contributed by atoms with van der Waals surface area (Å²) in [7, 11) is -3.47. The largest absolute Gasteiger partial charge is 0.466 e. The molecule has 0 amide bonds. The minimum Gasteiger partial charge on any atom is -0.466 e. The highest BCUT2D eigenvalue weighted by atomic mass is 32.2. The molecule has 0 N–H and O–H groups in total. The number of esters is 1. The molecule has 0 unspecified atom stereocenters. The fourth-order valence-corrected chi connectivity index (χ4v) is 3.65. The van der Waals surface area contributed by atoms with E-state index in [9.17, 15) is 13.2 Å². The van der Waals surface area contributed by atoms with Crippen LogP contribution >= 0.6 is 0 Å². The van der Waals surface area contributed by atoms with Gasteiger partial charge in [0.1, 0.15) is 0 Å². The SMILES string of the molecule is CCOC(=O)[C@H]1CC=C(S(=O)(=O)c2ccccc2)C1. The van der Waals surface area contributed by atoms with Crippen LogP contribution in [0.3, 0.4) is 0 Å². The molecule has 1 aliphatic carbocycles. The van der Waals surface area contributed by atoms with E-state index in [0.29, 0.717) is 17.9 Å². The molecule has 4 nitrogen and oxygen atoms in total. The number of ether oxygens (including phenoxy) is 1. The van der Waals surface area contributed by atoms with Gasteiger partial charge >= 0.3 is 5.97 Å². The summed E-state index contributed by atoms with van der Waals surface area (Å²) >= 11 is 0. The topological polar surface area (TPSA) is 60.4 Å². The Balaban J connectivity index is 2.15. The Labute approximate surface area is 113 Å². The zero-order valence-electron chi connectivity index (χ0n) is 10.7. The van der Waals surface area contributed by atoms with Crippen LogP contribution in [0.2, 0.25) is 0 Å². The van der Waals surface area contributed by atoms with Gasteiger partial charge in [0.25, 0.3) is 0 Å². The van der Waals surface area contributed by atoms with E-state index < -0.39 is 9.84 Å². The highest BCUT2D eigenvalue weighted by Crippen LogP contribution is 2.33. The first-order chi connectivity index (χ1) is 9.05. The number of hydrogen-bond donors (Lipinski definition) is 0. The van der Waals surface area contributed by atoms with Gasteiger partial charge in [-0.1, -0.05) is 24.3 Å². The van der Waals surface area contributed by atoms with Crippen molar-refractivity contribution in [2.75, 3.05) is 6.61 Å². The van der Waals surface area contributed by atoms with Crippen molar-refractivity contribution in [1.82, 2.24) is 0 Å². The molecular formula is C14H16O4S. The second-order valence-electron chi connectivity index (χ2n) is 4.38. The number of carbonyl (C=O) groups excluding carboxylic acids is 1. The van der Waals surface area contributed by atoms with Gasteiger partial charge < -0.3 is 4.74 Å². The number of rotatable bonds is 4. The molecule has 0 saturated carbocycles. The minimum absolute atomic E-state index is 0.232. The zero-order chi connectivity index (χ0) is 13.9. The van der Waals surface area contributed by atoms with Gasteiger partial charge in [0.15, 0.2) is 0 Å². The Morgan fingerprint density at radius 2 is 2.00 bits per heavy atom. The van der Waals surface area contributed by atoms with Crippen LogP contribution in [0.25, 0.3) is 0 Å². The van der Waals surface area contributed by atoms with Crippen LogP contribution in [-0.2, 0) is 19.4 Å². The van der Waals surface area contributed by atoms with E-state index in [-0.39, 0.29) is 23.2 Å². The van der Waals surface area contributed by atoms with E-state index >= 15 is 0 Å². The van der Waals surface area contributed by atoms with Gasteiger partial charge in [-0.05, 0) is 31.9 Å². The zero-order valence-corrected chi connectivity index (χ0v) is 11.5. The lowest BCUT2D eigenvalue weighted by molar-refractivity contribution is -0.147. The lowest BCUT2D eigenvalue weighted by atomic mass is 10.1. The summed E-state index contributed by atoms with van der Waals surface area (Å²) < 4.78 is 29.6. The first kappa shape index (κ1) is 13.8. The van der Waals surface area contributed by atoms with Crippen LogP contribution in [0.4, 0.5) is 0 Å². The van der Waals surface area contributed by atoms with Crippen molar-refractivity contribution in [1.29, 1.82) is 0 Å². The van der Waals surface area contributed by atoms with Gasteiger partial charge in [-0.2, -0.15) is 0 Å². The van der Waals surface area contributed by atoms with Crippen molar-refractivity contribution in [2.24, 2.45) is 5.92 Å². The monoisotopic (exact) mass is 280 g/mol. The summed E-state index contributed by atoms with van der Waals surface area (Å²) in [5.41, 5.74) is 0. The molecule has 0 aromatic heterocycles. The predicted molar refractivity (Wildman–Crippen MR) is 71.1 cm³/mol. The number of sulfone groups is 1. The van der Waals surface area contributed by atoms with E-state index in [1.165, 1.54) is 0 Å². The van der Waals surface area contributed by atoms with Crippen LogP contribution < -0.4 is 0 Å². The molecule has 0 fully saturated rings. The van der Waals surface area contributed by atoms with Gasteiger partial charge in [0.2, 0.25) is 9.84 Å². The third kappa shape index (κ3) is 2.87. The quantitative estimate of drug-likeness (QED) is 0.794. The molecule has 0 heterocycles. The minimum atomic E-state index is -3.47. The summed E-state index contributed by atoms with van der Waals surface area (Å²) in [6.45, 7) is 2.05. The third-order valence-corrected chi connectivity index (χ3v) is 5.01. The fourth-order valence-electron chi connectivity index (χ4n) is 2.09. The first-order valence-corrected chi connectivity index (χ1v) is 7.70. The van der Waals surface area contributed by atoms with Gasteiger partial charge in [-0.3, -0.25) is 4.79 Å². The fraction of sp³-hybridized carbons (Fsp3) is 0.357. The molecule has 102 valence electrons. The molecule has 0 saturated heterocycles. The summed E-state index contributed by atoms with van der Waals surface area (Å²) in [5, 5.41) is 0. The molecule has 0 spiro atoms. The van der Waals surface area contributed by atoms with Crippen molar-refractivity contribution in [3.63, 3.8) is 0 Å². The van der Waals surface area contributed by atoms with E-state index in [0.717, 1.165) is 0 Å². The lowest BCUT2D eigenvalue weighted by Crippen LogP contribution is -2.16. The molecular weight excluding hydrogens is 264 g/mol. The summed E-state index contributed by atoms with van der Waals surface area (Å²) in [6.07, 6.45) is 2.29.